The Balaban J connectivity index is 1.85. The highest BCUT2D eigenvalue weighted by molar-refractivity contribution is 7.71. The zero-order valence-electron chi connectivity index (χ0n) is 14.5. The molecule has 0 saturated carbocycles. The van der Waals surface area contributed by atoms with Crippen molar-refractivity contribution in [3.05, 3.63) is 34.1 Å². The van der Waals surface area contributed by atoms with Crippen LogP contribution in [0.15, 0.2) is 18.2 Å². The van der Waals surface area contributed by atoms with E-state index in [0.29, 0.717) is 24.4 Å². The molecule has 134 valence electrons. The zero-order valence-corrected chi connectivity index (χ0v) is 15.3. The Bertz CT molecular complexity index is 847. The van der Waals surface area contributed by atoms with Crippen LogP contribution in [0.1, 0.15) is 17.5 Å². The first-order valence-corrected chi connectivity index (χ1v) is 8.52. The van der Waals surface area contributed by atoms with E-state index in [4.69, 9.17) is 17.0 Å². The highest BCUT2D eigenvalue weighted by Crippen LogP contribution is 2.13. The maximum Gasteiger partial charge on any atom is 0.364 e. The summed E-state index contributed by atoms with van der Waals surface area (Å²) in [5.74, 6) is -0.334. The maximum absolute atomic E-state index is 11.9. The number of nitrogens with one attached hydrogen (secondary N) is 1. The molecule has 1 aliphatic heterocycles. The molecule has 0 aliphatic carbocycles. The molecule has 1 fully saturated rings. The fraction of sp³-hybridized carbons (Fsp3) is 0.500. The molecule has 0 spiro atoms. The summed E-state index contributed by atoms with van der Waals surface area (Å²) in [5, 5.41) is 18.2. The van der Waals surface area contributed by atoms with Crippen molar-refractivity contribution >= 4 is 18.2 Å². The minimum atomic E-state index is -0.539. The smallest absolute Gasteiger partial charge is 0.364 e. The van der Waals surface area contributed by atoms with Crippen LogP contribution >= 0.6 is 12.2 Å². The molecule has 3 rings (SSSR count). The number of aromatic nitrogens is 4. The molecule has 1 saturated heterocycles. The average molecular weight is 364 g/mol. The summed E-state index contributed by atoms with van der Waals surface area (Å²) in [6, 6.07) is 5.55. The molecule has 1 aromatic carbocycles. The third kappa shape index (κ3) is 3.48. The Hall–Kier alpha value is -2.10. The molecule has 3 atom stereocenters. The first-order chi connectivity index (χ1) is 11.9. The van der Waals surface area contributed by atoms with Crippen molar-refractivity contribution in [1.29, 1.82) is 0 Å². The van der Waals surface area contributed by atoms with E-state index >= 15 is 0 Å². The minimum Gasteiger partial charge on any atom is -0.465 e. The number of rotatable bonds is 4. The van der Waals surface area contributed by atoms with Gasteiger partial charge in [-0.3, -0.25) is 0 Å². The molecule has 1 aliphatic rings. The van der Waals surface area contributed by atoms with Crippen LogP contribution in [0, 0.1) is 18.6 Å². The number of tetrazole rings is 1. The van der Waals surface area contributed by atoms with Crippen LogP contribution < -0.4 is 4.90 Å². The van der Waals surface area contributed by atoms with Crippen molar-refractivity contribution in [3.8, 4) is 5.69 Å². The van der Waals surface area contributed by atoms with E-state index in [1.165, 1.54) is 12.7 Å². The van der Waals surface area contributed by atoms with Crippen molar-refractivity contribution < 1.29 is 19.5 Å². The molecule has 0 amide bonds. The zero-order chi connectivity index (χ0) is 18.1. The average Bonchev–Trinajstić information content (AvgIpc) is 3.13. The number of hydrogen-bond acceptors (Lipinski definition) is 6. The number of carbonyl (C=O) groups excluding carboxylic acids is 1. The summed E-state index contributed by atoms with van der Waals surface area (Å²) >= 11 is 5.49. The van der Waals surface area contributed by atoms with E-state index < -0.39 is 12.1 Å². The van der Waals surface area contributed by atoms with Gasteiger partial charge in [-0.15, -0.1) is 0 Å². The van der Waals surface area contributed by atoms with Crippen LogP contribution in [0.5, 0.6) is 0 Å². The maximum atomic E-state index is 11.9. The monoisotopic (exact) mass is 364 g/mol. The van der Waals surface area contributed by atoms with Gasteiger partial charge in [-0.1, -0.05) is 6.07 Å². The summed E-state index contributed by atoms with van der Waals surface area (Å²) < 4.78 is 8.45. The standard InChI is InChI=1S/C16H21N5O3S/c1-10-4-5-12(6-11(10)2)21-16(25)20(17-18-21)9-19-8-13(22)7-14(19)15(23)24-3/h4-6,13-14,22H,7-9H2,1-3H3/p+1/t13-,14-/m0/s1. The van der Waals surface area contributed by atoms with Gasteiger partial charge in [-0.25, -0.2) is 4.79 Å². The molecule has 2 aromatic rings. The minimum absolute atomic E-state index is 0.334. The van der Waals surface area contributed by atoms with Crippen LogP contribution in [-0.4, -0.2) is 56.7 Å². The van der Waals surface area contributed by atoms with Crippen molar-refractivity contribution in [2.45, 2.75) is 39.1 Å². The van der Waals surface area contributed by atoms with Crippen LogP contribution in [0.25, 0.3) is 5.69 Å². The number of quaternary nitrogens is 1. The van der Waals surface area contributed by atoms with Crippen molar-refractivity contribution in [2.24, 2.45) is 0 Å². The van der Waals surface area contributed by atoms with Gasteiger partial charge in [0, 0.05) is 6.42 Å². The molecule has 0 bridgehead atoms. The van der Waals surface area contributed by atoms with Gasteiger partial charge in [0.25, 0.3) is 0 Å². The summed E-state index contributed by atoms with van der Waals surface area (Å²) in [4.78, 5) is 12.8. The molecule has 2 heterocycles. The molecule has 25 heavy (non-hydrogen) atoms. The number of methoxy groups -OCH3 is 1. The molecular weight excluding hydrogens is 342 g/mol. The lowest BCUT2D eigenvalue weighted by molar-refractivity contribution is -0.928. The third-order valence-corrected chi connectivity index (χ3v) is 5.10. The normalized spacial score (nSPS) is 23.0. The Labute approximate surface area is 150 Å². The number of aryl methyl sites for hydroxylation is 2. The third-order valence-electron chi connectivity index (χ3n) is 4.71. The predicted molar refractivity (Wildman–Crippen MR) is 91.9 cm³/mol. The van der Waals surface area contributed by atoms with Crippen molar-refractivity contribution in [1.82, 2.24) is 19.8 Å². The molecule has 9 heteroatoms. The first kappa shape index (κ1) is 17.7. The van der Waals surface area contributed by atoms with E-state index in [9.17, 15) is 9.90 Å². The van der Waals surface area contributed by atoms with Gasteiger partial charge in [-0.2, -0.15) is 9.36 Å². The molecule has 8 nitrogen and oxygen atoms in total. The Kier molecular flexibility index (Phi) is 4.98. The number of aliphatic hydroxyl groups is 1. The summed E-state index contributed by atoms with van der Waals surface area (Å²) in [5.41, 5.74) is 3.19. The molecule has 1 aromatic heterocycles. The second-order valence-electron chi connectivity index (χ2n) is 6.43. The lowest BCUT2D eigenvalue weighted by atomic mass is 10.1. The number of esters is 1. The fourth-order valence-corrected chi connectivity index (χ4v) is 3.38. The Morgan fingerprint density at radius 3 is 2.84 bits per heavy atom. The van der Waals surface area contributed by atoms with Crippen LogP contribution in [0.2, 0.25) is 0 Å². The molecule has 1 unspecified atom stereocenters. The van der Waals surface area contributed by atoms with Gasteiger partial charge in [0.15, 0.2) is 12.7 Å². The van der Waals surface area contributed by atoms with Gasteiger partial charge in [0.05, 0.1) is 12.8 Å². The van der Waals surface area contributed by atoms with Crippen LogP contribution in [-0.2, 0) is 16.2 Å². The fourth-order valence-electron chi connectivity index (χ4n) is 3.13. The highest BCUT2D eigenvalue weighted by atomic mass is 32.1. The van der Waals surface area contributed by atoms with E-state index in [-0.39, 0.29) is 5.97 Å². The van der Waals surface area contributed by atoms with Gasteiger partial charge < -0.3 is 14.7 Å². The topological polar surface area (TPSA) is 86.6 Å². The second kappa shape index (κ2) is 7.03. The van der Waals surface area contributed by atoms with Gasteiger partial charge >= 0.3 is 5.97 Å². The largest absolute Gasteiger partial charge is 0.465 e. The number of nitrogens with zero attached hydrogens (tertiary/aromatic N) is 4. The number of hydrogen-bond donors (Lipinski definition) is 2. The van der Waals surface area contributed by atoms with Crippen LogP contribution in [0.3, 0.4) is 0 Å². The molecule has 2 N–H and O–H groups in total. The van der Waals surface area contributed by atoms with Gasteiger partial charge in [-0.05, 0) is 59.8 Å². The lowest BCUT2D eigenvalue weighted by Crippen LogP contribution is -3.14. The first-order valence-electron chi connectivity index (χ1n) is 8.11. The summed E-state index contributed by atoms with van der Waals surface area (Å²) in [7, 11) is 1.35. The number of ether oxygens (including phenoxy) is 1. The van der Waals surface area contributed by atoms with Crippen molar-refractivity contribution in [2.75, 3.05) is 13.7 Å². The van der Waals surface area contributed by atoms with Crippen LogP contribution in [0.4, 0.5) is 0 Å². The van der Waals surface area contributed by atoms with Gasteiger partial charge in [0.1, 0.15) is 12.6 Å². The molecular formula is C16H22N5O3S+. The quantitative estimate of drug-likeness (QED) is 0.565. The summed E-state index contributed by atoms with van der Waals surface area (Å²) in [6.07, 6.45) is -0.163. The number of benzene rings is 1. The summed E-state index contributed by atoms with van der Waals surface area (Å²) in [6.45, 7) is 4.87. The highest BCUT2D eigenvalue weighted by Gasteiger charge is 2.41. The lowest BCUT2D eigenvalue weighted by Gasteiger charge is -2.18. The Morgan fingerprint density at radius 2 is 2.16 bits per heavy atom. The second-order valence-corrected chi connectivity index (χ2v) is 6.79. The number of carbonyl (C=O) groups is 1. The number of likely N-dealkylation sites (tertiary alicyclic amines) is 1. The van der Waals surface area contributed by atoms with E-state index in [1.807, 2.05) is 32.0 Å². The van der Waals surface area contributed by atoms with Gasteiger partial charge in [0.2, 0.25) is 4.77 Å². The SMILES string of the molecule is COC(=O)[C@@H]1C[C@H](O)C[NH+]1Cn1nnn(-c2ccc(C)c(C)c2)c1=S. The Morgan fingerprint density at radius 1 is 1.40 bits per heavy atom. The van der Waals surface area contributed by atoms with E-state index in [2.05, 4.69) is 10.4 Å². The number of aliphatic hydroxyl groups excluding tert-OH is 1. The van der Waals surface area contributed by atoms with E-state index in [0.717, 1.165) is 16.2 Å². The van der Waals surface area contributed by atoms with Crippen molar-refractivity contribution in [3.63, 3.8) is 0 Å². The predicted octanol–water partition coefficient (Wildman–Crippen LogP) is -0.436. The van der Waals surface area contributed by atoms with E-state index in [1.54, 1.807) is 9.36 Å². The molecule has 0 radical (unpaired) electrons.